The van der Waals surface area contributed by atoms with Crippen LogP contribution in [0.1, 0.15) is 125 Å². The number of hydrogen-bond donors (Lipinski definition) is 10. The van der Waals surface area contributed by atoms with Gasteiger partial charge < -0.3 is 53.4 Å². The van der Waals surface area contributed by atoms with Gasteiger partial charge in [0.15, 0.2) is 0 Å². The Kier molecular flexibility index (Phi) is 24.8. The Morgan fingerprint density at radius 1 is 0.266 bits per heavy atom. The van der Waals surface area contributed by atoms with E-state index in [2.05, 4.69) is 42.5 Å². The zero-order valence-corrected chi connectivity index (χ0v) is 41.6. The summed E-state index contributed by atoms with van der Waals surface area (Å²) in [6, 6.07) is -9.92. The van der Waals surface area contributed by atoms with Crippen LogP contribution in [0.2, 0.25) is 0 Å². The van der Waals surface area contributed by atoms with Gasteiger partial charge >= 0.3 is 5.97 Å². The lowest BCUT2D eigenvalue weighted by Crippen LogP contribution is -2.63. The van der Waals surface area contributed by atoms with Gasteiger partial charge in [0.2, 0.25) is 47.3 Å². The Morgan fingerprint density at radius 3 is 0.531 bits per heavy atom. The Hall–Kier alpha value is -4.81. The van der Waals surface area contributed by atoms with Gasteiger partial charge in [-0.3, -0.25) is 38.4 Å². The molecule has 19 nitrogen and oxygen atoms in total. The van der Waals surface area contributed by atoms with Crippen molar-refractivity contribution in [1.29, 1.82) is 0 Å². The molecule has 64 heavy (non-hydrogen) atoms. The molecule has 0 saturated carbocycles. The van der Waals surface area contributed by atoms with E-state index >= 15 is 0 Å². The van der Waals surface area contributed by atoms with Crippen molar-refractivity contribution < 1.29 is 48.3 Å². The molecule has 368 valence electrons. The maximum atomic E-state index is 13.9. The van der Waals surface area contributed by atoms with Crippen molar-refractivity contribution in [2.75, 3.05) is 0 Å². The standard InChI is InChI=1S/C45H83N9O10/c1-19(2)28(46)37(55)47-29(20(3)4)38(56)48-30(21(5)6)39(57)49-31(22(7)8)40(58)50-32(23(9)10)41(59)51-33(24(11)12)42(60)52-34(25(13)14)43(61)53-35(26(15)16)44(62)54-36(27(17)18)45(63)64/h19-36H,46H2,1-18H3,(H,47,55)(H,48,56)(H,49,57)(H,50,58)(H,51,59)(H,52,60)(H,53,61)(H,54,62)(H,63,64). The van der Waals surface area contributed by atoms with Crippen LogP contribution in [0.15, 0.2) is 0 Å². The zero-order chi connectivity index (χ0) is 50.2. The van der Waals surface area contributed by atoms with E-state index in [1.807, 2.05) is 0 Å². The number of hydrogen-bond acceptors (Lipinski definition) is 10. The minimum Gasteiger partial charge on any atom is -0.480 e. The van der Waals surface area contributed by atoms with Crippen molar-refractivity contribution >= 4 is 53.2 Å². The van der Waals surface area contributed by atoms with Crippen LogP contribution in [0, 0.1) is 53.3 Å². The predicted octanol–water partition coefficient (Wildman–Crippen LogP) is 1.18. The molecule has 0 spiro atoms. The molecule has 0 rings (SSSR count). The van der Waals surface area contributed by atoms with Gasteiger partial charge in [-0.25, -0.2) is 4.79 Å². The molecule has 9 atom stereocenters. The van der Waals surface area contributed by atoms with Crippen molar-refractivity contribution in [2.24, 2.45) is 59.0 Å². The first-order chi connectivity index (χ1) is 29.3. The Balaban J connectivity index is 6.25. The molecule has 19 heteroatoms. The molecule has 0 bridgehead atoms. The molecular formula is C45H83N9O10. The van der Waals surface area contributed by atoms with Gasteiger partial charge in [-0.05, 0) is 53.3 Å². The Bertz CT molecular complexity index is 1610. The topological polar surface area (TPSA) is 296 Å². The van der Waals surface area contributed by atoms with Crippen LogP contribution in [0.25, 0.3) is 0 Å². The Labute approximate surface area is 381 Å². The number of aliphatic carboxylic acids is 1. The fraction of sp³-hybridized carbons (Fsp3) is 0.800. The van der Waals surface area contributed by atoms with Crippen LogP contribution >= 0.6 is 0 Å². The molecule has 0 aliphatic carbocycles. The van der Waals surface area contributed by atoms with E-state index in [0.29, 0.717) is 0 Å². The second-order valence-electron chi connectivity index (χ2n) is 20.0. The number of carboxylic acid groups (broad SMARTS) is 1. The van der Waals surface area contributed by atoms with Crippen molar-refractivity contribution in [3.63, 3.8) is 0 Å². The van der Waals surface area contributed by atoms with Crippen LogP contribution in [0.5, 0.6) is 0 Å². The van der Waals surface area contributed by atoms with Crippen molar-refractivity contribution in [2.45, 2.75) is 179 Å². The number of carboxylic acids is 1. The van der Waals surface area contributed by atoms with E-state index in [4.69, 9.17) is 5.73 Å². The van der Waals surface area contributed by atoms with Gasteiger partial charge in [-0.15, -0.1) is 0 Å². The van der Waals surface area contributed by atoms with Crippen LogP contribution in [0.3, 0.4) is 0 Å². The second-order valence-corrected chi connectivity index (χ2v) is 20.0. The first-order valence-electron chi connectivity index (χ1n) is 22.7. The first kappa shape index (κ1) is 59.2. The van der Waals surface area contributed by atoms with Gasteiger partial charge in [-0.2, -0.15) is 0 Å². The monoisotopic (exact) mass is 910 g/mol. The lowest BCUT2D eigenvalue weighted by molar-refractivity contribution is -0.144. The summed E-state index contributed by atoms with van der Waals surface area (Å²) in [5.74, 6) is -10.2. The van der Waals surface area contributed by atoms with E-state index in [1.165, 1.54) is 0 Å². The van der Waals surface area contributed by atoms with Gasteiger partial charge in [-0.1, -0.05) is 125 Å². The normalized spacial score (nSPS) is 16.1. The number of carbonyl (C=O) groups is 9. The maximum absolute atomic E-state index is 13.9. The van der Waals surface area contributed by atoms with E-state index in [1.54, 1.807) is 125 Å². The predicted molar refractivity (Wildman–Crippen MR) is 245 cm³/mol. The summed E-state index contributed by atoms with van der Waals surface area (Å²) in [6.07, 6.45) is 0. The summed E-state index contributed by atoms with van der Waals surface area (Å²) in [5.41, 5.74) is 6.00. The molecule has 8 amide bonds. The molecule has 11 N–H and O–H groups in total. The summed E-state index contributed by atoms with van der Waals surface area (Å²) in [6.45, 7) is 30.7. The fourth-order valence-corrected chi connectivity index (χ4v) is 6.51. The summed E-state index contributed by atoms with van der Waals surface area (Å²) in [7, 11) is 0. The third kappa shape index (κ3) is 18.4. The SMILES string of the molecule is CC(C)C(N)C(=O)NC(C(=O)NC(C(=O)NC(C(=O)NC(C(=O)NC(C(=O)NC(C(=O)NC(C(=O)NC(C(=O)O)C(C)C)C(C)C)C(C)C)C(C)C)C(C)C)C(C)C)C(C)C)C(C)C. The van der Waals surface area contributed by atoms with E-state index < -0.39 is 149 Å². The molecule has 0 aromatic heterocycles. The molecule has 0 aliphatic rings. The van der Waals surface area contributed by atoms with Gasteiger partial charge in [0.05, 0.1) is 6.04 Å². The number of carbonyl (C=O) groups excluding carboxylic acids is 8. The maximum Gasteiger partial charge on any atom is 0.326 e. The molecule has 0 aromatic rings. The molecule has 0 radical (unpaired) electrons. The van der Waals surface area contributed by atoms with E-state index in [9.17, 15) is 48.3 Å². The highest BCUT2D eigenvalue weighted by Gasteiger charge is 2.38. The lowest BCUT2D eigenvalue weighted by Gasteiger charge is -2.32. The summed E-state index contributed by atoms with van der Waals surface area (Å²) < 4.78 is 0. The number of rotatable bonds is 26. The number of amides is 8. The Morgan fingerprint density at radius 2 is 0.406 bits per heavy atom. The van der Waals surface area contributed by atoms with Crippen LogP contribution in [-0.2, 0) is 43.2 Å². The third-order valence-corrected chi connectivity index (χ3v) is 11.0. The average Bonchev–Trinajstić information content (AvgIpc) is 3.16. The van der Waals surface area contributed by atoms with Gasteiger partial charge in [0.25, 0.3) is 0 Å². The zero-order valence-electron chi connectivity index (χ0n) is 41.6. The molecular weight excluding hydrogens is 827 g/mol. The highest BCUT2D eigenvalue weighted by molar-refractivity contribution is 5.98. The van der Waals surface area contributed by atoms with Gasteiger partial charge in [0.1, 0.15) is 48.3 Å². The van der Waals surface area contributed by atoms with E-state index in [-0.39, 0.29) is 11.8 Å². The number of nitrogens with one attached hydrogen (secondary N) is 8. The second kappa shape index (κ2) is 26.9. The van der Waals surface area contributed by atoms with Crippen molar-refractivity contribution in [1.82, 2.24) is 42.5 Å². The fourth-order valence-electron chi connectivity index (χ4n) is 6.51. The van der Waals surface area contributed by atoms with Gasteiger partial charge in [0, 0.05) is 0 Å². The molecule has 0 heterocycles. The van der Waals surface area contributed by atoms with Crippen LogP contribution in [-0.4, -0.2) is 113 Å². The third-order valence-electron chi connectivity index (χ3n) is 11.0. The highest BCUT2D eigenvalue weighted by Crippen LogP contribution is 2.14. The smallest absolute Gasteiger partial charge is 0.326 e. The molecule has 9 unspecified atom stereocenters. The quantitative estimate of drug-likeness (QED) is 0.0588. The van der Waals surface area contributed by atoms with Crippen LogP contribution < -0.4 is 48.3 Å². The summed E-state index contributed by atoms with van der Waals surface area (Å²) >= 11 is 0. The number of nitrogens with two attached hydrogens (primary N) is 1. The highest BCUT2D eigenvalue weighted by atomic mass is 16.4. The largest absolute Gasteiger partial charge is 0.480 e. The molecule has 0 aliphatic heterocycles. The van der Waals surface area contributed by atoms with E-state index in [0.717, 1.165) is 0 Å². The summed E-state index contributed by atoms with van der Waals surface area (Å²) in [5, 5.41) is 31.1. The molecule has 0 aromatic carbocycles. The lowest BCUT2D eigenvalue weighted by atomic mass is 9.96. The molecule has 0 saturated heterocycles. The van der Waals surface area contributed by atoms with Crippen molar-refractivity contribution in [3.8, 4) is 0 Å². The van der Waals surface area contributed by atoms with Crippen LogP contribution in [0.4, 0.5) is 0 Å². The van der Waals surface area contributed by atoms with Crippen molar-refractivity contribution in [3.05, 3.63) is 0 Å². The first-order valence-corrected chi connectivity index (χ1v) is 22.7. The molecule has 0 fully saturated rings. The average molecular weight is 910 g/mol. The minimum atomic E-state index is -1.22. The minimum absolute atomic E-state index is 0.176. The summed E-state index contributed by atoms with van der Waals surface area (Å²) in [4.78, 5) is 120.